The van der Waals surface area contributed by atoms with Crippen molar-refractivity contribution in [1.29, 1.82) is 0 Å². The first-order valence-electron chi connectivity index (χ1n) is 2.61. The second-order valence-corrected chi connectivity index (χ2v) is 1.65. The van der Waals surface area contributed by atoms with Gasteiger partial charge in [0.2, 0.25) is 6.10 Å². The minimum atomic E-state index is -2.06. The van der Waals surface area contributed by atoms with Gasteiger partial charge in [0.15, 0.2) is 5.71 Å². The molecule has 0 fully saturated rings. The first-order chi connectivity index (χ1) is 5.00. The molecule has 0 heterocycles. The molecule has 6 nitrogen and oxygen atoms in total. The first-order valence-corrected chi connectivity index (χ1v) is 2.61. The molecule has 0 bridgehead atoms. The number of aliphatic hydroxyl groups excluding tert-OH is 1. The molecule has 0 aromatic carbocycles. The third kappa shape index (κ3) is 2.34. The number of aliphatic hydroxyl groups is 1. The summed E-state index contributed by atoms with van der Waals surface area (Å²) in [5.41, 5.74) is -0.780. The maximum Gasteiger partial charge on any atom is 0.353 e. The summed E-state index contributed by atoms with van der Waals surface area (Å²) in [6.07, 6.45) is -2.06. The Hall–Kier alpha value is -1.43. The van der Waals surface area contributed by atoms with Crippen molar-refractivity contribution >= 4 is 17.7 Å². The van der Waals surface area contributed by atoms with E-state index < -0.39 is 23.8 Å². The Balaban J connectivity index is 4.54. The van der Waals surface area contributed by atoms with Crippen LogP contribution in [0.4, 0.5) is 0 Å². The van der Waals surface area contributed by atoms with E-state index in [1.807, 2.05) is 0 Å². The molecule has 6 heteroatoms. The van der Waals surface area contributed by atoms with Crippen LogP contribution in [0.3, 0.4) is 0 Å². The number of aliphatic carboxylic acids is 2. The van der Waals surface area contributed by atoms with Gasteiger partial charge in [0.05, 0.1) is 0 Å². The molecule has 3 N–H and O–H groups in total. The molecule has 0 saturated carbocycles. The molecule has 0 aliphatic carbocycles. The maximum atomic E-state index is 10.1. The minimum Gasteiger partial charge on any atom is -0.479 e. The largest absolute Gasteiger partial charge is 0.479 e. The van der Waals surface area contributed by atoms with Crippen LogP contribution in [0.2, 0.25) is 0 Å². The van der Waals surface area contributed by atoms with Crippen LogP contribution in [-0.4, -0.2) is 46.1 Å². The van der Waals surface area contributed by atoms with Crippen LogP contribution in [0.1, 0.15) is 0 Å². The lowest BCUT2D eigenvalue weighted by Crippen LogP contribution is -2.35. The van der Waals surface area contributed by atoms with Gasteiger partial charge >= 0.3 is 11.9 Å². The molecule has 1 unspecified atom stereocenters. The van der Waals surface area contributed by atoms with E-state index in [9.17, 15) is 9.59 Å². The van der Waals surface area contributed by atoms with Gasteiger partial charge in [0.25, 0.3) is 0 Å². The number of nitrogens with zero attached hydrogens (tertiary/aromatic N) is 1. The summed E-state index contributed by atoms with van der Waals surface area (Å²) in [6, 6.07) is 0. The lowest BCUT2D eigenvalue weighted by atomic mass is 10.2. The van der Waals surface area contributed by atoms with Gasteiger partial charge in [-0.1, -0.05) is 0 Å². The zero-order valence-corrected chi connectivity index (χ0v) is 5.68. The van der Waals surface area contributed by atoms with E-state index >= 15 is 0 Å². The normalized spacial score (nSPS) is 14.2. The second kappa shape index (κ2) is 3.67. The molecule has 62 valence electrons. The summed E-state index contributed by atoms with van der Waals surface area (Å²) in [5.74, 6) is -3.17. The van der Waals surface area contributed by atoms with Gasteiger partial charge in [-0.3, -0.25) is 4.99 Å². The molecule has 0 rings (SSSR count). The van der Waals surface area contributed by atoms with Gasteiger partial charge in [-0.15, -0.1) is 0 Å². The van der Waals surface area contributed by atoms with Crippen molar-refractivity contribution in [2.45, 2.75) is 6.10 Å². The van der Waals surface area contributed by atoms with Crippen LogP contribution in [0.15, 0.2) is 4.99 Å². The number of hydrogen-bond acceptors (Lipinski definition) is 4. The third-order valence-electron chi connectivity index (χ3n) is 0.953. The van der Waals surface area contributed by atoms with Crippen LogP contribution >= 0.6 is 0 Å². The Morgan fingerprint density at radius 1 is 1.36 bits per heavy atom. The van der Waals surface area contributed by atoms with E-state index in [1.54, 1.807) is 0 Å². The third-order valence-corrected chi connectivity index (χ3v) is 0.953. The van der Waals surface area contributed by atoms with Gasteiger partial charge in [0, 0.05) is 7.05 Å². The van der Waals surface area contributed by atoms with E-state index in [0.717, 1.165) is 7.05 Å². The van der Waals surface area contributed by atoms with Crippen molar-refractivity contribution < 1.29 is 24.9 Å². The predicted octanol–water partition coefficient (Wildman–Crippen LogP) is -1.41. The Morgan fingerprint density at radius 2 is 1.82 bits per heavy atom. The van der Waals surface area contributed by atoms with Gasteiger partial charge in [-0.25, -0.2) is 9.59 Å². The highest BCUT2D eigenvalue weighted by atomic mass is 16.4. The van der Waals surface area contributed by atoms with Crippen molar-refractivity contribution in [2.24, 2.45) is 4.99 Å². The monoisotopic (exact) mass is 161 g/mol. The smallest absolute Gasteiger partial charge is 0.353 e. The second-order valence-electron chi connectivity index (χ2n) is 1.65. The molecular formula is C5H7NO5. The molecule has 1 atom stereocenters. The molecule has 0 aliphatic rings. The Labute approximate surface area is 61.8 Å². The molecule has 0 saturated heterocycles. The summed E-state index contributed by atoms with van der Waals surface area (Å²) in [4.78, 5) is 23.2. The Morgan fingerprint density at radius 3 is 1.91 bits per heavy atom. The minimum absolute atomic E-state index is 0.780. The van der Waals surface area contributed by atoms with Crippen molar-refractivity contribution in [3.63, 3.8) is 0 Å². The number of rotatable bonds is 3. The summed E-state index contributed by atoms with van der Waals surface area (Å²) >= 11 is 0. The number of hydrogen-bond donors (Lipinski definition) is 3. The van der Waals surface area contributed by atoms with E-state index in [0.29, 0.717) is 0 Å². The molecule has 0 radical (unpaired) electrons. The highest BCUT2D eigenvalue weighted by Crippen LogP contribution is 1.89. The quantitative estimate of drug-likeness (QED) is 0.440. The average molecular weight is 161 g/mol. The summed E-state index contributed by atoms with van der Waals surface area (Å²) in [6.45, 7) is 0. The molecule has 0 spiro atoms. The fourth-order valence-electron chi connectivity index (χ4n) is 0.452. The fraction of sp³-hybridized carbons (Fsp3) is 0.400. The predicted molar refractivity (Wildman–Crippen MR) is 34.6 cm³/mol. The van der Waals surface area contributed by atoms with Crippen molar-refractivity contribution in [3.05, 3.63) is 0 Å². The van der Waals surface area contributed by atoms with E-state index in [4.69, 9.17) is 15.3 Å². The van der Waals surface area contributed by atoms with E-state index in [-0.39, 0.29) is 0 Å². The Kier molecular flexibility index (Phi) is 3.19. The molecule has 0 amide bonds. The average Bonchev–Trinajstić information content (AvgIpc) is 1.88. The van der Waals surface area contributed by atoms with Gasteiger partial charge in [-0.05, 0) is 0 Å². The van der Waals surface area contributed by atoms with Gasteiger partial charge in [0.1, 0.15) is 0 Å². The zero-order chi connectivity index (χ0) is 9.02. The summed E-state index contributed by atoms with van der Waals surface area (Å²) < 4.78 is 0. The van der Waals surface area contributed by atoms with Crippen molar-refractivity contribution in [1.82, 2.24) is 0 Å². The SMILES string of the molecule is CN=C(C(=O)O)C(O)C(=O)O. The number of carbonyl (C=O) groups is 2. The lowest BCUT2D eigenvalue weighted by Gasteiger charge is -2.02. The van der Waals surface area contributed by atoms with Gasteiger partial charge < -0.3 is 15.3 Å². The summed E-state index contributed by atoms with van der Waals surface area (Å²) in [7, 11) is 1.09. The zero-order valence-electron chi connectivity index (χ0n) is 5.68. The highest BCUT2D eigenvalue weighted by molar-refractivity contribution is 6.41. The van der Waals surface area contributed by atoms with E-state index in [2.05, 4.69) is 4.99 Å². The van der Waals surface area contributed by atoms with Crippen LogP contribution in [0.25, 0.3) is 0 Å². The van der Waals surface area contributed by atoms with Crippen molar-refractivity contribution in [2.75, 3.05) is 7.05 Å². The molecule has 11 heavy (non-hydrogen) atoms. The number of carboxylic acid groups (broad SMARTS) is 2. The van der Waals surface area contributed by atoms with E-state index in [1.165, 1.54) is 0 Å². The van der Waals surface area contributed by atoms with Crippen LogP contribution in [0.5, 0.6) is 0 Å². The topological polar surface area (TPSA) is 107 Å². The van der Waals surface area contributed by atoms with Crippen LogP contribution < -0.4 is 0 Å². The van der Waals surface area contributed by atoms with Crippen molar-refractivity contribution in [3.8, 4) is 0 Å². The number of carboxylic acids is 2. The summed E-state index contributed by atoms with van der Waals surface area (Å²) in [5, 5.41) is 25.0. The van der Waals surface area contributed by atoms with Crippen LogP contribution in [-0.2, 0) is 9.59 Å². The Bertz CT molecular complexity index is 209. The lowest BCUT2D eigenvalue weighted by molar-refractivity contribution is -0.144. The fourth-order valence-corrected chi connectivity index (χ4v) is 0.452. The standard InChI is InChI=1S/C5H7NO5/c1-6-2(4(8)9)3(7)5(10)11/h3,7H,1H3,(H,8,9)(H,10,11). The molecule has 0 aromatic rings. The molecule has 0 aliphatic heterocycles. The van der Waals surface area contributed by atoms with Crippen LogP contribution in [0, 0.1) is 0 Å². The molecule has 0 aromatic heterocycles. The first kappa shape index (κ1) is 9.57. The maximum absolute atomic E-state index is 10.1. The van der Waals surface area contributed by atoms with Gasteiger partial charge in [-0.2, -0.15) is 0 Å². The molecular weight excluding hydrogens is 154 g/mol. The highest BCUT2D eigenvalue weighted by Gasteiger charge is 2.25. The number of aliphatic imine (C=N–C) groups is 1.